The number of benzene rings is 1. The maximum atomic E-state index is 5.14. The lowest BCUT2D eigenvalue weighted by Crippen LogP contribution is -2.25. The van der Waals surface area contributed by atoms with E-state index in [1.807, 2.05) is 12.1 Å². The first kappa shape index (κ1) is 12.2. The summed E-state index contributed by atoms with van der Waals surface area (Å²) in [6.45, 7) is 1.15. The lowest BCUT2D eigenvalue weighted by molar-refractivity contribution is 0.415. The van der Waals surface area contributed by atoms with Crippen molar-refractivity contribution >= 4 is 6.08 Å². The Bertz CT molecular complexity index is 348. The molecule has 0 aliphatic carbocycles. The van der Waals surface area contributed by atoms with Crippen molar-refractivity contribution in [3.8, 4) is 5.75 Å². The second kappa shape index (κ2) is 6.45. The van der Waals surface area contributed by atoms with E-state index in [0.29, 0.717) is 6.04 Å². The average Bonchev–Trinajstić information content (AvgIpc) is 2.65. The molecule has 1 saturated heterocycles. The quantitative estimate of drug-likeness (QED) is 0.862. The highest BCUT2D eigenvalue weighted by Gasteiger charge is 2.07. The van der Waals surface area contributed by atoms with Crippen LogP contribution in [0.25, 0.3) is 6.08 Å². The molecule has 1 aliphatic heterocycles. The summed E-state index contributed by atoms with van der Waals surface area (Å²) >= 11 is 0. The highest BCUT2D eigenvalue weighted by atomic mass is 16.5. The number of rotatable bonds is 3. The topological polar surface area (TPSA) is 21.3 Å². The number of ether oxygens (including phenoxy) is 1. The summed E-state index contributed by atoms with van der Waals surface area (Å²) in [5, 5.41) is 3.56. The summed E-state index contributed by atoms with van der Waals surface area (Å²) < 4.78 is 5.14. The van der Waals surface area contributed by atoms with Gasteiger partial charge in [0.1, 0.15) is 5.75 Å². The second-order valence-corrected chi connectivity index (χ2v) is 4.54. The Morgan fingerprint density at radius 2 is 2.00 bits per heavy atom. The zero-order chi connectivity index (χ0) is 11.9. The standard InChI is InChI=1S/C15H21NO/c1-17-15-10-7-13(8-11-15)6-9-14-5-3-2-4-12-16-14/h6-11,14,16H,2-5,12H2,1H3/b9-6+. The molecule has 1 aromatic rings. The van der Waals surface area contributed by atoms with Gasteiger partial charge in [0.05, 0.1) is 7.11 Å². The lowest BCUT2D eigenvalue weighted by atomic mass is 10.1. The number of methoxy groups -OCH3 is 1. The third kappa shape index (κ3) is 3.90. The van der Waals surface area contributed by atoms with Crippen LogP contribution in [0, 0.1) is 0 Å². The third-order valence-corrected chi connectivity index (χ3v) is 3.24. The fraction of sp³-hybridized carbons (Fsp3) is 0.467. The van der Waals surface area contributed by atoms with Gasteiger partial charge < -0.3 is 10.1 Å². The van der Waals surface area contributed by atoms with E-state index in [-0.39, 0.29) is 0 Å². The summed E-state index contributed by atoms with van der Waals surface area (Å²) in [6, 6.07) is 8.72. The van der Waals surface area contributed by atoms with E-state index in [1.165, 1.54) is 31.2 Å². The first-order chi connectivity index (χ1) is 8.38. The molecule has 92 valence electrons. The first-order valence-corrected chi connectivity index (χ1v) is 6.44. The zero-order valence-corrected chi connectivity index (χ0v) is 10.5. The van der Waals surface area contributed by atoms with Crippen molar-refractivity contribution in [1.82, 2.24) is 5.32 Å². The van der Waals surface area contributed by atoms with Gasteiger partial charge in [0.2, 0.25) is 0 Å². The Balaban J connectivity index is 1.93. The van der Waals surface area contributed by atoms with Gasteiger partial charge in [0, 0.05) is 6.04 Å². The minimum absolute atomic E-state index is 0.541. The van der Waals surface area contributed by atoms with Gasteiger partial charge in [0.15, 0.2) is 0 Å². The van der Waals surface area contributed by atoms with Crippen LogP contribution in [0.5, 0.6) is 5.75 Å². The number of hydrogen-bond donors (Lipinski definition) is 1. The molecule has 17 heavy (non-hydrogen) atoms. The van der Waals surface area contributed by atoms with Crippen molar-refractivity contribution in [3.05, 3.63) is 35.9 Å². The van der Waals surface area contributed by atoms with E-state index < -0.39 is 0 Å². The highest BCUT2D eigenvalue weighted by Crippen LogP contribution is 2.14. The number of nitrogens with one attached hydrogen (secondary N) is 1. The Morgan fingerprint density at radius 3 is 2.76 bits per heavy atom. The molecule has 1 atom stereocenters. The molecular formula is C15H21NO. The Hall–Kier alpha value is -1.28. The third-order valence-electron chi connectivity index (χ3n) is 3.24. The van der Waals surface area contributed by atoms with Gasteiger partial charge in [-0.2, -0.15) is 0 Å². The van der Waals surface area contributed by atoms with Crippen molar-refractivity contribution in [2.45, 2.75) is 31.7 Å². The maximum absolute atomic E-state index is 5.14. The molecule has 2 nitrogen and oxygen atoms in total. The van der Waals surface area contributed by atoms with Gasteiger partial charge >= 0.3 is 0 Å². The summed E-state index contributed by atoms with van der Waals surface area (Å²) in [6.07, 6.45) is 9.75. The van der Waals surface area contributed by atoms with E-state index in [1.54, 1.807) is 7.11 Å². The summed E-state index contributed by atoms with van der Waals surface area (Å²) in [5.74, 6) is 0.912. The van der Waals surface area contributed by atoms with Crippen molar-refractivity contribution in [1.29, 1.82) is 0 Å². The minimum atomic E-state index is 0.541. The van der Waals surface area contributed by atoms with Crippen molar-refractivity contribution in [3.63, 3.8) is 0 Å². The van der Waals surface area contributed by atoms with Crippen LogP contribution >= 0.6 is 0 Å². The summed E-state index contributed by atoms with van der Waals surface area (Å²) in [5.41, 5.74) is 1.23. The fourth-order valence-electron chi connectivity index (χ4n) is 2.16. The fourth-order valence-corrected chi connectivity index (χ4v) is 2.16. The van der Waals surface area contributed by atoms with E-state index in [9.17, 15) is 0 Å². The Morgan fingerprint density at radius 1 is 1.18 bits per heavy atom. The molecule has 0 radical (unpaired) electrons. The Labute approximate surface area is 104 Å². The van der Waals surface area contributed by atoms with Gasteiger partial charge in [-0.15, -0.1) is 0 Å². The molecule has 0 aromatic heterocycles. The molecule has 1 N–H and O–H groups in total. The predicted octanol–water partition coefficient (Wildman–Crippen LogP) is 3.24. The number of hydrogen-bond acceptors (Lipinski definition) is 2. The minimum Gasteiger partial charge on any atom is -0.497 e. The van der Waals surface area contributed by atoms with Gasteiger partial charge in [-0.05, 0) is 37.1 Å². The van der Waals surface area contributed by atoms with Crippen molar-refractivity contribution in [2.75, 3.05) is 13.7 Å². The van der Waals surface area contributed by atoms with Crippen LogP contribution in [0.2, 0.25) is 0 Å². The summed E-state index contributed by atoms with van der Waals surface area (Å²) in [4.78, 5) is 0. The molecule has 1 unspecified atom stereocenters. The lowest BCUT2D eigenvalue weighted by Gasteiger charge is -2.10. The molecule has 1 heterocycles. The monoisotopic (exact) mass is 231 g/mol. The maximum Gasteiger partial charge on any atom is 0.118 e. The molecule has 1 fully saturated rings. The molecule has 1 aliphatic rings. The van der Waals surface area contributed by atoms with Crippen LogP contribution < -0.4 is 10.1 Å². The largest absolute Gasteiger partial charge is 0.497 e. The molecule has 2 rings (SSSR count). The SMILES string of the molecule is COc1ccc(/C=C/C2CCCCCN2)cc1. The molecule has 0 saturated carbocycles. The van der Waals surface area contributed by atoms with E-state index in [2.05, 4.69) is 29.6 Å². The Kier molecular flexibility index (Phi) is 4.63. The second-order valence-electron chi connectivity index (χ2n) is 4.54. The predicted molar refractivity (Wildman–Crippen MR) is 72.3 cm³/mol. The van der Waals surface area contributed by atoms with Crippen molar-refractivity contribution < 1.29 is 4.74 Å². The van der Waals surface area contributed by atoms with Crippen LogP contribution in [0.15, 0.2) is 30.3 Å². The average molecular weight is 231 g/mol. The van der Waals surface area contributed by atoms with Crippen LogP contribution in [0.3, 0.4) is 0 Å². The van der Waals surface area contributed by atoms with E-state index in [0.717, 1.165) is 12.3 Å². The van der Waals surface area contributed by atoms with Crippen LogP contribution in [-0.4, -0.2) is 19.7 Å². The van der Waals surface area contributed by atoms with Crippen molar-refractivity contribution in [2.24, 2.45) is 0 Å². The smallest absolute Gasteiger partial charge is 0.118 e. The van der Waals surface area contributed by atoms with Gasteiger partial charge in [-0.1, -0.05) is 37.1 Å². The molecule has 0 amide bonds. The van der Waals surface area contributed by atoms with E-state index >= 15 is 0 Å². The molecule has 0 spiro atoms. The van der Waals surface area contributed by atoms with Crippen LogP contribution in [0.4, 0.5) is 0 Å². The van der Waals surface area contributed by atoms with Gasteiger partial charge in [-0.25, -0.2) is 0 Å². The molecule has 2 heteroatoms. The van der Waals surface area contributed by atoms with Crippen LogP contribution in [-0.2, 0) is 0 Å². The van der Waals surface area contributed by atoms with Gasteiger partial charge in [-0.3, -0.25) is 0 Å². The molecule has 0 bridgehead atoms. The van der Waals surface area contributed by atoms with Gasteiger partial charge in [0.25, 0.3) is 0 Å². The van der Waals surface area contributed by atoms with E-state index in [4.69, 9.17) is 4.74 Å². The first-order valence-electron chi connectivity index (χ1n) is 6.44. The zero-order valence-electron chi connectivity index (χ0n) is 10.5. The molecule has 1 aromatic carbocycles. The highest BCUT2D eigenvalue weighted by molar-refractivity contribution is 5.51. The molecular weight excluding hydrogens is 210 g/mol. The van der Waals surface area contributed by atoms with Crippen LogP contribution in [0.1, 0.15) is 31.2 Å². The summed E-state index contributed by atoms with van der Waals surface area (Å²) in [7, 11) is 1.69. The normalized spacial score (nSPS) is 21.4.